The first kappa shape index (κ1) is 79.9. The maximum atomic E-state index is 15.4. The van der Waals surface area contributed by atoms with Gasteiger partial charge in [-0.15, -0.1) is 0 Å². The zero-order chi connectivity index (χ0) is 72.7. The summed E-state index contributed by atoms with van der Waals surface area (Å²) in [5.74, 6) is -9.49. The fourth-order valence-electron chi connectivity index (χ4n) is 14.1. The highest BCUT2D eigenvalue weighted by atomic mass is 35.5. The van der Waals surface area contributed by atoms with Crippen molar-refractivity contribution in [2.24, 2.45) is 23.7 Å². The minimum atomic E-state index is -4.76. The SMILES string of the molecule is CC[C@H](C)[C@@H]1NC(=O)[C@H](CC(C)C)N(C)C(=O)C[C@@H](C(=O)N2CCOCC2)NC(=O)[C@H]([C@@H](C)CC)N(C)C(=O)C2(CCCC2)NC(=O)[C@@H]2CCCN2C(=O)[C@H](CCc2ccc(C(F)(F)F)c(Cl)c2)NC(=O)CN(C)C(=O)[C@H](CC2CCCCC2)N(C)C(=O)CN(C)C(=O)CN(C)C1=O. The maximum Gasteiger partial charge on any atom is 0.417 e. The van der Waals surface area contributed by atoms with Crippen molar-refractivity contribution in [2.45, 2.75) is 211 Å². The van der Waals surface area contributed by atoms with Crippen LogP contribution in [0.25, 0.3) is 0 Å². The van der Waals surface area contributed by atoms with E-state index in [4.69, 9.17) is 16.3 Å². The van der Waals surface area contributed by atoms with Crippen molar-refractivity contribution in [3.05, 3.63) is 34.3 Å². The number of fused-ring (bicyclic) bond motifs is 1. The average molecular weight is 1400 g/mol. The zero-order valence-electron chi connectivity index (χ0n) is 59.4. The Balaban J connectivity index is 1.41. The molecule has 9 atom stereocenters. The van der Waals surface area contributed by atoms with Crippen molar-refractivity contribution in [2.75, 3.05) is 94.8 Å². The molecule has 12 amide bonds. The van der Waals surface area contributed by atoms with Crippen molar-refractivity contribution < 1.29 is 75.4 Å². The summed E-state index contributed by atoms with van der Waals surface area (Å²) in [5, 5.41) is 10.9. The van der Waals surface area contributed by atoms with E-state index in [0.29, 0.717) is 37.7 Å². The molecule has 548 valence electrons. The lowest BCUT2D eigenvalue weighted by Gasteiger charge is -2.40. The van der Waals surface area contributed by atoms with Crippen LogP contribution in [0.4, 0.5) is 13.2 Å². The molecule has 5 fully saturated rings. The molecule has 0 unspecified atom stereocenters. The molecule has 0 aromatic heterocycles. The second-order valence-corrected chi connectivity index (χ2v) is 28.7. The smallest absolute Gasteiger partial charge is 0.378 e. The summed E-state index contributed by atoms with van der Waals surface area (Å²) in [7, 11) is 8.38. The average Bonchev–Trinajstić information content (AvgIpc) is 1.42. The van der Waals surface area contributed by atoms with Crippen LogP contribution in [0.15, 0.2) is 18.2 Å². The standard InChI is InChI=1S/C69H106ClF3N12O13/c1-13-43(5)58-66(96)80(9)40-56(88)78(7)41-57(89)82(11)53(37-45-21-16-15-17-22-45)65(95)79(8)39-54(86)74-49(27-25-46-24-26-47(48(70)36-46)69(71,72)73)64(94)85-30-20-23-51(85)61(91)77-68(28-18-19-29-68)67(97)83(12)59(44(6)14-2)62(92)75-50(63(93)84-31-33-98-34-32-84)38-55(87)81(10)52(35-42(3)4)60(90)76-58/h24,26,36,42-45,49-53,58-59H,13-23,25,27-35,37-41H2,1-12H3,(H,74,86)(H,75,92)(H,76,90)(H,77,91)/t43-,44-,49-,50-,51-,52-,53-,58-,59-/m0/s1. The highest BCUT2D eigenvalue weighted by molar-refractivity contribution is 6.31. The first-order valence-electron chi connectivity index (χ1n) is 34.9. The highest BCUT2D eigenvalue weighted by Crippen LogP contribution is 2.37. The highest BCUT2D eigenvalue weighted by Gasteiger charge is 2.50. The number of benzene rings is 1. The maximum absolute atomic E-state index is 15.4. The van der Waals surface area contributed by atoms with E-state index >= 15 is 14.4 Å². The quantitative estimate of drug-likeness (QED) is 0.226. The van der Waals surface area contributed by atoms with Crippen molar-refractivity contribution in [3.63, 3.8) is 0 Å². The number of halogens is 4. The Morgan fingerprint density at radius 1 is 0.653 bits per heavy atom. The molecular weight excluding hydrogens is 1300 g/mol. The molecule has 0 bridgehead atoms. The third kappa shape index (κ3) is 20.5. The number of nitrogens with zero attached hydrogens (tertiary/aromatic N) is 8. The number of amides is 12. The Hall–Kier alpha value is -7.10. The van der Waals surface area contributed by atoms with Crippen LogP contribution in [0.1, 0.15) is 162 Å². The summed E-state index contributed by atoms with van der Waals surface area (Å²) in [6.07, 6.45) is 1.41. The molecule has 3 aliphatic heterocycles. The molecule has 29 heteroatoms. The predicted octanol–water partition coefficient (Wildman–Crippen LogP) is 4.39. The van der Waals surface area contributed by atoms with Crippen LogP contribution in [0.2, 0.25) is 5.02 Å². The summed E-state index contributed by atoms with van der Waals surface area (Å²) in [4.78, 5) is 187. The Morgan fingerprint density at radius 2 is 1.27 bits per heavy atom. The van der Waals surface area contributed by atoms with Gasteiger partial charge in [0.25, 0.3) is 0 Å². The molecule has 6 rings (SSSR count). The number of hydrogen-bond donors (Lipinski definition) is 4. The molecule has 25 nitrogen and oxygen atoms in total. The molecule has 2 aliphatic carbocycles. The number of carbonyl (C=O) groups is 12. The van der Waals surface area contributed by atoms with Gasteiger partial charge in [-0.25, -0.2) is 0 Å². The van der Waals surface area contributed by atoms with Gasteiger partial charge in [0.1, 0.15) is 47.8 Å². The van der Waals surface area contributed by atoms with E-state index in [1.165, 1.54) is 72.9 Å². The Labute approximate surface area is 580 Å². The van der Waals surface area contributed by atoms with Crippen LogP contribution < -0.4 is 21.3 Å². The van der Waals surface area contributed by atoms with Gasteiger partial charge in [0.2, 0.25) is 70.9 Å². The molecular formula is C69H106ClF3N12O13. The number of aryl methyl sites for hydroxylation is 1. The van der Waals surface area contributed by atoms with Gasteiger partial charge in [0.05, 0.1) is 49.9 Å². The largest absolute Gasteiger partial charge is 0.417 e. The van der Waals surface area contributed by atoms with E-state index in [0.717, 1.165) is 58.9 Å². The lowest BCUT2D eigenvalue weighted by atomic mass is 9.84. The van der Waals surface area contributed by atoms with Gasteiger partial charge in [-0.2, -0.15) is 13.2 Å². The number of rotatable bonds is 12. The summed E-state index contributed by atoms with van der Waals surface area (Å²) < 4.78 is 47.0. The first-order valence-corrected chi connectivity index (χ1v) is 35.3. The van der Waals surface area contributed by atoms with Gasteiger partial charge in [0, 0.05) is 61.9 Å². The monoisotopic (exact) mass is 1400 g/mol. The van der Waals surface area contributed by atoms with E-state index in [9.17, 15) is 56.3 Å². The Bertz CT molecular complexity index is 3030. The Kier molecular flexibility index (Phi) is 29.2. The fraction of sp³-hybridized carbons (Fsp3) is 0.739. The first-order chi connectivity index (χ1) is 46.1. The minimum Gasteiger partial charge on any atom is -0.378 e. The summed E-state index contributed by atoms with van der Waals surface area (Å²) in [5.41, 5.74) is -2.38. The molecule has 4 N–H and O–H groups in total. The topological polar surface area (TPSA) is 288 Å². The third-order valence-electron chi connectivity index (χ3n) is 20.6. The number of alkyl halides is 3. The molecule has 1 spiro atoms. The summed E-state index contributed by atoms with van der Waals surface area (Å²) in [6.45, 7) is 9.77. The van der Waals surface area contributed by atoms with Crippen LogP contribution in [0, 0.1) is 23.7 Å². The second kappa shape index (κ2) is 35.8. The number of ether oxygens (including phenoxy) is 1. The van der Waals surface area contributed by atoms with Crippen LogP contribution >= 0.6 is 11.6 Å². The van der Waals surface area contributed by atoms with E-state index in [1.54, 1.807) is 13.8 Å². The normalized spacial score (nSPS) is 26.3. The zero-order valence-corrected chi connectivity index (χ0v) is 60.1. The Morgan fingerprint density at radius 3 is 1.87 bits per heavy atom. The lowest BCUT2D eigenvalue weighted by molar-refractivity contribution is -0.151. The van der Waals surface area contributed by atoms with E-state index in [-0.39, 0.29) is 89.6 Å². The van der Waals surface area contributed by atoms with Gasteiger partial charge in [-0.1, -0.05) is 117 Å². The van der Waals surface area contributed by atoms with E-state index in [2.05, 4.69) is 21.3 Å². The molecule has 0 radical (unpaired) electrons. The molecule has 5 aliphatic rings. The van der Waals surface area contributed by atoms with E-state index < -0.39 is 173 Å². The number of likely N-dealkylation sites (N-methyl/N-ethyl adjacent to an activating group) is 6. The van der Waals surface area contributed by atoms with Gasteiger partial charge in [-0.3, -0.25) is 57.5 Å². The third-order valence-corrected chi connectivity index (χ3v) is 20.9. The molecule has 1 aromatic carbocycles. The second-order valence-electron chi connectivity index (χ2n) is 28.3. The fourth-order valence-corrected chi connectivity index (χ4v) is 14.5. The number of nitrogens with one attached hydrogen (secondary N) is 4. The van der Waals surface area contributed by atoms with E-state index in [1.807, 2.05) is 27.7 Å². The van der Waals surface area contributed by atoms with Crippen LogP contribution in [-0.2, 0) is 74.9 Å². The molecule has 3 heterocycles. The van der Waals surface area contributed by atoms with Crippen molar-refractivity contribution in [3.8, 4) is 0 Å². The van der Waals surface area contributed by atoms with Crippen molar-refractivity contribution in [1.82, 2.24) is 60.5 Å². The van der Waals surface area contributed by atoms with Gasteiger partial charge >= 0.3 is 6.18 Å². The number of carbonyl (C=O) groups excluding carboxylic acids is 12. The van der Waals surface area contributed by atoms with Gasteiger partial charge in [-0.05, 0) is 92.7 Å². The summed E-state index contributed by atoms with van der Waals surface area (Å²) in [6, 6.07) is -5.86. The molecule has 98 heavy (non-hydrogen) atoms. The number of hydrogen-bond acceptors (Lipinski definition) is 13. The molecule has 1 aromatic rings. The van der Waals surface area contributed by atoms with Crippen molar-refractivity contribution >= 4 is 82.5 Å². The van der Waals surface area contributed by atoms with Gasteiger partial charge in [0.15, 0.2) is 0 Å². The van der Waals surface area contributed by atoms with Gasteiger partial charge < -0.3 is 65.2 Å². The lowest BCUT2D eigenvalue weighted by Crippen LogP contribution is -2.65. The predicted molar refractivity (Wildman–Crippen MR) is 359 cm³/mol. The van der Waals surface area contributed by atoms with Crippen molar-refractivity contribution in [1.29, 1.82) is 0 Å². The van der Waals surface area contributed by atoms with Crippen LogP contribution in [-0.4, -0.2) is 253 Å². The molecule has 3 saturated heterocycles. The van der Waals surface area contributed by atoms with Crippen LogP contribution in [0.3, 0.4) is 0 Å². The van der Waals surface area contributed by atoms with Crippen LogP contribution in [0.5, 0.6) is 0 Å². The molecule has 2 saturated carbocycles. The number of morpholine rings is 1. The minimum absolute atomic E-state index is 0.0150. The summed E-state index contributed by atoms with van der Waals surface area (Å²) >= 11 is 6.14.